The number of primary amides is 1. The van der Waals surface area contributed by atoms with Crippen molar-refractivity contribution in [2.45, 2.75) is 76.0 Å². The summed E-state index contributed by atoms with van der Waals surface area (Å²) >= 11 is 0. The topological polar surface area (TPSA) is 141 Å². The van der Waals surface area contributed by atoms with E-state index in [0.717, 1.165) is 60.6 Å². The van der Waals surface area contributed by atoms with E-state index in [1.54, 1.807) is 26.1 Å². The third-order valence-electron chi connectivity index (χ3n) is 8.72. The molecule has 3 fully saturated rings. The van der Waals surface area contributed by atoms with E-state index < -0.39 is 11.5 Å². The number of amides is 2. The van der Waals surface area contributed by atoms with Crippen molar-refractivity contribution in [3.8, 4) is 11.6 Å². The van der Waals surface area contributed by atoms with Gasteiger partial charge in [0, 0.05) is 17.3 Å². The van der Waals surface area contributed by atoms with E-state index in [9.17, 15) is 14.7 Å². The number of aliphatic hydroxyl groups is 1. The van der Waals surface area contributed by atoms with Crippen LogP contribution in [0.5, 0.6) is 11.6 Å². The van der Waals surface area contributed by atoms with Crippen LogP contribution >= 0.6 is 0 Å². The molecule has 7 rings (SSSR count). The molecular weight excluding hydrogens is 534 g/mol. The van der Waals surface area contributed by atoms with Gasteiger partial charge >= 0.3 is 0 Å². The van der Waals surface area contributed by atoms with Crippen molar-refractivity contribution in [3.05, 3.63) is 65.5 Å². The van der Waals surface area contributed by atoms with Gasteiger partial charge in [0.05, 0.1) is 34.1 Å². The van der Waals surface area contributed by atoms with E-state index in [1.165, 1.54) is 0 Å². The molecule has 42 heavy (non-hydrogen) atoms. The number of ether oxygens (including phenoxy) is 2. The van der Waals surface area contributed by atoms with Gasteiger partial charge in [-0.25, -0.2) is 9.50 Å². The van der Waals surface area contributed by atoms with Gasteiger partial charge in [0.1, 0.15) is 24.0 Å². The zero-order valence-electron chi connectivity index (χ0n) is 23.8. The number of fused-ring (bicyclic) bond motifs is 2. The Morgan fingerprint density at radius 3 is 2.60 bits per heavy atom. The highest BCUT2D eigenvalue weighted by Crippen LogP contribution is 2.57. The third-order valence-corrected chi connectivity index (χ3v) is 8.72. The quantitative estimate of drug-likeness (QED) is 0.275. The zero-order chi connectivity index (χ0) is 29.2. The van der Waals surface area contributed by atoms with E-state index in [-0.39, 0.29) is 36.0 Å². The summed E-state index contributed by atoms with van der Waals surface area (Å²) in [4.78, 5) is 29.9. The molecule has 218 valence electrons. The van der Waals surface area contributed by atoms with Crippen LogP contribution in [-0.2, 0) is 0 Å². The summed E-state index contributed by atoms with van der Waals surface area (Å²) in [5, 5.41) is 18.7. The fourth-order valence-electron chi connectivity index (χ4n) is 6.53. The highest BCUT2D eigenvalue weighted by atomic mass is 16.5. The first-order valence-corrected chi connectivity index (χ1v) is 14.6. The fourth-order valence-corrected chi connectivity index (χ4v) is 6.53. The van der Waals surface area contributed by atoms with Gasteiger partial charge in [-0.1, -0.05) is 18.2 Å². The lowest BCUT2D eigenvalue weighted by atomic mass is 9.53. The molecule has 2 amide bonds. The number of nitrogens with one attached hydrogen (secondary N) is 1. The summed E-state index contributed by atoms with van der Waals surface area (Å²) in [5.74, 6) is 0.642. The molecule has 0 bridgehead atoms. The predicted octanol–water partition coefficient (Wildman–Crippen LogP) is 4.13. The number of para-hydroxylation sites is 1. The largest absolute Gasteiger partial charge is 0.489 e. The maximum atomic E-state index is 13.3. The van der Waals surface area contributed by atoms with Gasteiger partial charge in [0.15, 0.2) is 0 Å². The van der Waals surface area contributed by atoms with Crippen LogP contribution < -0.4 is 20.5 Å². The molecule has 0 unspecified atom stereocenters. The Balaban J connectivity index is 0.980. The molecule has 0 radical (unpaired) electrons. The Hall–Kier alpha value is -4.18. The Labute approximate surface area is 243 Å². The van der Waals surface area contributed by atoms with Gasteiger partial charge in [-0.3, -0.25) is 9.59 Å². The summed E-state index contributed by atoms with van der Waals surface area (Å²) in [7, 11) is 0. The number of carbonyl (C=O) groups is 2. The Bertz CT molecular complexity index is 1710. The van der Waals surface area contributed by atoms with Gasteiger partial charge in [-0.15, -0.1) is 0 Å². The average molecular weight is 570 g/mol. The van der Waals surface area contributed by atoms with Crippen LogP contribution in [0.15, 0.2) is 48.7 Å². The molecule has 0 aliphatic heterocycles. The molecule has 3 saturated carbocycles. The molecule has 10 nitrogen and oxygen atoms in total. The number of pyridine rings is 2. The van der Waals surface area contributed by atoms with Crippen LogP contribution in [-0.4, -0.2) is 55.9 Å². The third kappa shape index (κ3) is 4.93. The summed E-state index contributed by atoms with van der Waals surface area (Å²) in [6.07, 6.45) is 7.15. The van der Waals surface area contributed by atoms with Crippen molar-refractivity contribution in [3.63, 3.8) is 0 Å². The molecule has 10 heteroatoms. The molecule has 3 heterocycles. The lowest BCUT2D eigenvalue weighted by Gasteiger charge is -2.57. The molecule has 4 aromatic rings. The number of hydrogen-bond donors (Lipinski definition) is 3. The van der Waals surface area contributed by atoms with Crippen molar-refractivity contribution >= 4 is 28.2 Å². The highest BCUT2D eigenvalue weighted by Gasteiger charge is 2.54. The van der Waals surface area contributed by atoms with Crippen LogP contribution in [0.1, 0.15) is 84.7 Å². The predicted molar refractivity (Wildman–Crippen MR) is 156 cm³/mol. The first-order valence-electron chi connectivity index (χ1n) is 14.6. The van der Waals surface area contributed by atoms with Crippen molar-refractivity contribution in [1.82, 2.24) is 19.9 Å². The summed E-state index contributed by atoms with van der Waals surface area (Å²) in [6, 6.07) is 13.1. The molecule has 0 atom stereocenters. The average Bonchev–Trinajstić information content (AvgIpc) is 3.65. The molecule has 3 aliphatic carbocycles. The minimum atomic E-state index is -0.947. The number of rotatable bonds is 9. The number of aromatic nitrogens is 3. The van der Waals surface area contributed by atoms with Crippen LogP contribution in [0.4, 0.5) is 0 Å². The maximum absolute atomic E-state index is 13.3. The Morgan fingerprint density at radius 1 is 1.12 bits per heavy atom. The molecule has 4 N–H and O–H groups in total. The number of nitrogens with zero attached hydrogens (tertiary/aromatic N) is 3. The van der Waals surface area contributed by atoms with Crippen molar-refractivity contribution in [2.24, 2.45) is 11.1 Å². The lowest BCUT2D eigenvalue weighted by Crippen LogP contribution is -2.58. The van der Waals surface area contributed by atoms with Crippen LogP contribution in [0.25, 0.3) is 16.4 Å². The van der Waals surface area contributed by atoms with Crippen LogP contribution in [0, 0.1) is 5.41 Å². The smallest absolute Gasteiger partial charge is 0.255 e. The molecule has 3 aromatic heterocycles. The fraction of sp³-hybridized carbons (Fsp3) is 0.438. The van der Waals surface area contributed by atoms with E-state index in [0.29, 0.717) is 22.8 Å². The van der Waals surface area contributed by atoms with Crippen molar-refractivity contribution < 1.29 is 24.2 Å². The standard InChI is InChI=1S/C32H35N5O5/c1-31(2,40)17-41-26-10-9-25-23(16-34-37(25)27(26)18-7-8-18)29(39)35-20-12-32(13-20)14-21(15-32)42-30-22(28(33)38)11-19-5-3-4-6-24(19)36-30/h3-6,9-11,16,18,20-21,40H,7-8,12-15,17H2,1-2H3,(H2,33,38)(H,35,39). The second-order valence-corrected chi connectivity index (χ2v) is 12.9. The Kier molecular flexibility index (Phi) is 6.16. The Morgan fingerprint density at radius 2 is 1.88 bits per heavy atom. The monoisotopic (exact) mass is 569 g/mol. The van der Waals surface area contributed by atoms with E-state index in [4.69, 9.17) is 15.2 Å². The second kappa shape index (κ2) is 9.69. The second-order valence-electron chi connectivity index (χ2n) is 12.9. The molecular formula is C32H35N5O5. The molecule has 3 aliphatic rings. The summed E-state index contributed by atoms with van der Waals surface area (Å²) in [5.41, 5.74) is 8.11. The van der Waals surface area contributed by atoms with Crippen molar-refractivity contribution in [1.29, 1.82) is 0 Å². The number of hydrogen-bond acceptors (Lipinski definition) is 7. The van der Waals surface area contributed by atoms with Gasteiger partial charge in [-0.05, 0) is 82.1 Å². The van der Waals surface area contributed by atoms with E-state index in [2.05, 4.69) is 15.4 Å². The molecule has 0 saturated heterocycles. The highest BCUT2D eigenvalue weighted by molar-refractivity contribution is 6.01. The minimum Gasteiger partial charge on any atom is -0.489 e. The first kappa shape index (κ1) is 26.7. The molecule has 1 aromatic carbocycles. The maximum Gasteiger partial charge on any atom is 0.255 e. The zero-order valence-corrected chi connectivity index (χ0v) is 23.8. The van der Waals surface area contributed by atoms with Gasteiger partial charge in [0.2, 0.25) is 5.88 Å². The van der Waals surface area contributed by atoms with Crippen LogP contribution in [0.3, 0.4) is 0 Å². The van der Waals surface area contributed by atoms with Gasteiger partial charge in [-0.2, -0.15) is 5.10 Å². The molecule has 1 spiro atoms. The number of nitrogens with two attached hydrogens (primary N) is 1. The number of carbonyl (C=O) groups excluding carboxylic acids is 2. The van der Waals surface area contributed by atoms with Crippen molar-refractivity contribution in [2.75, 3.05) is 6.61 Å². The van der Waals surface area contributed by atoms with Gasteiger partial charge in [0.25, 0.3) is 11.8 Å². The SMILES string of the molecule is CC(C)(O)COc1ccc2c(C(=O)NC3CC4(C3)CC(Oc3nc5ccccc5cc3C(N)=O)C4)cnn2c1C1CC1. The minimum absolute atomic E-state index is 0.0401. The summed E-state index contributed by atoms with van der Waals surface area (Å²) < 4.78 is 13.9. The summed E-state index contributed by atoms with van der Waals surface area (Å²) in [6.45, 7) is 3.59. The number of benzene rings is 1. The van der Waals surface area contributed by atoms with Crippen LogP contribution in [0.2, 0.25) is 0 Å². The van der Waals surface area contributed by atoms with Gasteiger partial charge < -0.3 is 25.6 Å². The first-order chi connectivity index (χ1) is 20.1. The normalized spacial score (nSPS) is 23.4. The van der Waals surface area contributed by atoms with E-state index >= 15 is 0 Å². The lowest BCUT2D eigenvalue weighted by molar-refractivity contribution is -0.0847. The van der Waals surface area contributed by atoms with E-state index in [1.807, 2.05) is 40.9 Å².